The van der Waals surface area contributed by atoms with Crippen LogP contribution in [-0.4, -0.2) is 69.2 Å². The van der Waals surface area contributed by atoms with Crippen molar-refractivity contribution < 1.29 is 29.2 Å². The summed E-state index contributed by atoms with van der Waals surface area (Å²) >= 11 is 6.15. The number of carbonyl (C=O) groups excluding carboxylic acids is 1. The molecule has 0 aromatic heterocycles. The summed E-state index contributed by atoms with van der Waals surface area (Å²) in [7, 11) is 0. The number of hydrogen-bond donors (Lipinski definition) is 3. The van der Waals surface area contributed by atoms with Gasteiger partial charge < -0.3 is 34.6 Å². The highest BCUT2D eigenvalue weighted by atomic mass is 35.5. The molecule has 3 aliphatic heterocycles. The Balaban J connectivity index is 1.78. The number of fused-ring (bicyclic) bond motifs is 1. The molecule has 3 N–H and O–H groups in total. The molecule has 4 rings (SSSR count). The van der Waals surface area contributed by atoms with Gasteiger partial charge in [0, 0.05) is 25.1 Å². The highest BCUT2D eigenvalue weighted by Crippen LogP contribution is 2.56. The lowest BCUT2D eigenvalue weighted by molar-refractivity contribution is -0.257. The molecule has 142 valence electrons. The molecule has 2 saturated heterocycles. The Labute approximate surface area is 156 Å². The van der Waals surface area contributed by atoms with Gasteiger partial charge in [0.15, 0.2) is 12.0 Å². The Morgan fingerprint density at radius 3 is 2.73 bits per heavy atom. The zero-order valence-corrected chi connectivity index (χ0v) is 14.8. The van der Waals surface area contributed by atoms with E-state index in [0.29, 0.717) is 12.8 Å². The molecule has 1 aliphatic carbocycles. The maximum atomic E-state index is 11.5. The minimum Gasteiger partial charge on any atom is -0.393 e. The number of terminal acetylenes is 1. The minimum atomic E-state index is -1.39. The van der Waals surface area contributed by atoms with Crippen molar-refractivity contribution in [3.8, 4) is 12.3 Å². The normalized spacial score (nSPS) is 43.5. The Hall–Kier alpha value is -1.34. The van der Waals surface area contributed by atoms with Gasteiger partial charge in [-0.05, 0) is 12.8 Å². The summed E-state index contributed by atoms with van der Waals surface area (Å²) in [5, 5.41) is 22.7. The molecule has 1 amide bonds. The molecule has 1 spiro atoms. The molecule has 3 fully saturated rings. The summed E-state index contributed by atoms with van der Waals surface area (Å²) in [4.78, 5) is 12.8. The van der Waals surface area contributed by atoms with E-state index in [4.69, 9.17) is 32.2 Å². The molecular weight excluding hydrogens is 364 g/mol. The van der Waals surface area contributed by atoms with Gasteiger partial charge in [-0.25, -0.2) is 0 Å². The number of hydrogen-bond acceptors (Lipinski definition) is 7. The van der Waals surface area contributed by atoms with Gasteiger partial charge in [0.05, 0.1) is 12.5 Å². The van der Waals surface area contributed by atoms with Crippen LogP contribution in [0.4, 0.5) is 0 Å². The van der Waals surface area contributed by atoms with E-state index in [1.165, 1.54) is 17.2 Å². The molecule has 9 heteroatoms. The first-order valence-corrected chi connectivity index (χ1v) is 9.12. The Kier molecular flexibility index (Phi) is 4.23. The number of aliphatic hydroxyl groups is 2. The molecule has 0 aromatic rings. The second-order valence-corrected chi connectivity index (χ2v) is 7.39. The third-order valence-electron chi connectivity index (χ3n) is 5.58. The molecule has 3 heterocycles. The third kappa shape index (κ3) is 2.32. The number of halogens is 1. The fourth-order valence-electron chi connectivity index (χ4n) is 4.29. The van der Waals surface area contributed by atoms with Crippen molar-refractivity contribution in [2.75, 3.05) is 12.5 Å². The lowest BCUT2D eigenvalue weighted by atomic mass is 9.87. The number of carbonyl (C=O) groups is 1. The summed E-state index contributed by atoms with van der Waals surface area (Å²) < 4.78 is 18.6. The van der Waals surface area contributed by atoms with Gasteiger partial charge in [-0.1, -0.05) is 5.92 Å². The van der Waals surface area contributed by atoms with E-state index >= 15 is 0 Å². The van der Waals surface area contributed by atoms with Crippen LogP contribution < -0.4 is 5.32 Å². The van der Waals surface area contributed by atoms with Crippen LogP contribution >= 0.6 is 11.6 Å². The molecular formula is C17H21ClN2O6. The zero-order chi connectivity index (χ0) is 18.6. The Bertz CT molecular complexity index is 669. The fraction of sp³-hybridized carbons (Fsp3) is 0.706. The summed E-state index contributed by atoms with van der Waals surface area (Å²) in [6, 6.07) is 0. The monoisotopic (exact) mass is 384 g/mol. The van der Waals surface area contributed by atoms with Crippen LogP contribution in [0, 0.1) is 12.3 Å². The van der Waals surface area contributed by atoms with Crippen LogP contribution in [-0.2, 0) is 19.0 Å². The van der Waals surface area contributed by atoms with Gasteiger partial charge in [-0.2, -0.15) is 0 Å². The van der Waals surface area contributed by atoms with Crippen LogP contribution in [0.5, 0.6) is 0 Å². The largest absolute Gasteiger partial charge is 0.393 e. The van der Waals surface area contributed by atoms with E-state index in [1.807, 2.05) is 0 Å². The molecule has 0 bridgehead atoms. The first kappa shape index (κ1) is 18.0. The lowest BCUT2D eigenvalue weighted by Crippen LogP contribution is -2.60. The van der Waals surface area contributed by atoms with E-state index in [2.05, 4.69) is 11.2 Å². The van der Waals surface area contributed by atoms with Gasteiger partial charge in [0.1, 0.15) is 11.7 Å². The molecule has 1 saturated carbocycles. The van der Waals surface area contributed by atoms with Crippen LogP contribution in [0.15, 0.2) is 12.3 Å². The summed E-state index contributed by atoms with van der Waals surface area (Å²) in [6.07, 6.45) is 8.56. The summed E-state index contributed by atoms with van der Waals surface area (Å²) in [5.41, 5.74) is -2.69. The molecule has 8 nitrogen and oxygen atoms in total. The van der Waals surface area contributed by atoms with Crippen LogP contribution in [0.2, 0.25) is 0 Å². The second kappa shape index (κ2) is 6.09. The Morgan fingerprint density at radius 1 is 1.42 bits per heavy atom. The van der Waals surface area contributed by atoms with Crippen molar-refractivity contribution >= 4 is 17.5 Å². The lowest BCUT2D eigenvalue weighted by Gasteiger charge is -2.40. The minimum absolute atomic E-state index is 0.0758. The van der Waals surface area contributed by atoms with Crippen molar-refractivity contribution in [2.24, 2.45) is 0 Å². The van der Waals surface area contributed by atoms with E-state index in [9.17, 15) is 15.0 Å². The standard InChI is InChI=1S/C17H21ClN2O6/c1-2-17-12(24-16(26-17)6-3-4-7-16)15(9-18,10-21)25-13(17)20-8-5-11(22)19-14(20)23/h1,5,8,12-14,21,23H,3-4,6-7,9-10H2,(H,19,22)/t12-,13-,14?,15-,17-/m1/s1. The smallest absolute Gasteiger partial charge is 0.248 e. The number of aliphatic hydroxyl groups excluding tert-OH is 2. The highest BCUT2D eigenvalue weighted by Gasteiger charge is 2.74. The van der Waals surface area contributed by atoms with Crippen molar-refractivity contribution in [2.45, 2.75) is 61.4 Å². The zero-order valence-electron chi connectivity index (χ0n) is 14.1. The third-order valence-corrected chi connectivity index (χ3v) is 6.03. The van der Waals surface area contributed by atoms with Crippen molar-refractivity contribution in [1.29, 1.82) is 0 Å². The van der Waals surface area contributed by atoms with E-state index in [-0.39, 0.29) is 5.88 Å². The van der Waals surface area contributed by atoms with Crippen LogP contribution in [0.1, 0.15) is 25.7 Å². The number of nitrogens with zero attached hydrogens (tertiary/aromatic N) is 1. The SMILES string of the molecule is C#C[C@@]12OC3(CCCC3)O[C@@H]1[C@](CO)(CCl)O[C@H]2N1C=CC(=O)NC1O. The van der Waals surface area contributed by atoms with E-state index in [0.717, 1.165) is 12.8 Å². The fourth-order valence-corrected chi connectivity index (χ4v) is 4.57. The molecule has 4 aliphatic rings. The van der Waals surface area contributed by atoms with Crippen LogP contribution in [0.25, 0.3) is 0 Å². The van der Waals surface area contributed by atoms with E-state index in [1.54, 1.807) is 0 Å². The van der Waals surface area contributed by atoms with Gasteiger partial charge in [-0.3, -0.25) is 4.79 Å². The molecule has 0 radical (unpaired) electrons. The van der Waals surface area contributed by atoms with Gasteiger partial charge in [-0.15, -0.1) is 18.0 Å². The average Bonchev–Trinajstić information content (AvgIpc) is 3.29. The van der Waals surface area contributed by atoms with E-state index < -0.39 is 48.2 Å². The predicted octanol–water partition coefficient (Wildman–Crippen LogP) is -0.408. The molecule has 1 unspecified atom stereocenters. The summed E-state index contributed by atoms with van der Waals surface area (Å²) in [6.45, 7) is -0.430. The maximum absolute atomic E-state index is 11.5. The molecule has 5 atom stereocenters. The highest BCUT2D eigenvalue weighted by molar-refractivity contribution is 6.18. The number of alkyl halides is 1. The Morgan fingerprint density at radius 2 is 2.15 bits per heavy atom. The number of nitrogens with one attached hydrogen (secondary N) is 1. The van der Waals surface area contributed by atoms with Gasteiger partial charge >= 0.3 is 0 Å². The van der Waals surface area contributed by atoms with Crippen molar-refractivity contribution in [1.82, 2.24) is 10.2 Å². The predicted molar refractivity (Wildman–Crippen MR) is 89.3 cm³/mol. The number of rotatable bonds is 3. The quantitative estimate of drug-likeness (QED) is 0.449. The van der Waals surface area contributed by atoms with Crippen molar-refractivity contribution in [3.05, 3.63) is 12.3 Å². The first-order valence-electron chi connectivity index (χ1n) is 8.59. The van der Waals surface area contributed by atoms with Crippen molar-refractivity contribution in [3.63, 3.8) is 0 Å². The average molecular weight is 385 g/mol. The van der Waals surface area contributed by atoms with Gasteiger partial charge in [0.2, 0.25) is 17.9 Å². The second-order valence-electron chi connectivity index (χ2n) is 7.13. The van der Waals surface area contributed by atoms with Gasteiger partial charge in [0.25, 0.3) is 0 Å². The number of ether oxygens (including phenoxy) is 3. The molecule has 0 aromatic carbocycles. The molecule has 26 heavy (non-hydrogen) atoms. The maximum Gasteiger partial charge on any atom is 0.248 e. The number of amides is 1. The summed E-state index contributed by atoms with van der Waals surface area (Å²) in [5.74, 6) is 1.28. The van der Waals surface area contributed by atoms with Crippen LogP contribution in [0.3, 0.4) is 0 Å². The topological polar surface area (TPSA) is 100 Å². The first-order chi connectivity index (χ1) is 12.4.